The molecule has 0 unspecified atom stereocenters. The van der Waals surface area contributed by atoms with Crippen LogP contribution in [0.5, 0.6) is 11.5 Å². The summed E-state index contributed by atoms with van der Waals surface area (Å²) in [6.45, 7) is 0.823. The molecule has 0 saturated carbocycles. The maximum absolute atomic E-state index is 5.46. The predicted molar refractivity (Wildman–Crippen MR) is 113 cm³/mol. The fraction of sp³-hybridized carbons (Fsp3) is 0.167. The zero-order chi connectivity index (χ0) is 18.8. The number of ether oxygens (including phenoxy) is 2. The van der Waals surface area contributed by atoms with Crippen LogP contribution in [0, 0.1) is 0 Å². The Morgan fingerprint density at radius 1 is 0.704 bits per heavy atom. The summed E-state index contributed by atoms with van der Waals surface area (Å²) in [6, 6.07) is 25.3. The number of nitrogens with zero attached hydrogens (tertiary/aromatic N) is 1. The first kappa shape index (κ1) is 17.2. The first-order valence-electron chi connectivity index (χ1n) is 9.03. The zero-order valence-corrected chi connectivity index (χ0v) is 15.9. The highest BCUT2D eigenvalue weighted by Gasteiger charge is 2.11. The Kier molecular flexibility index (Phi) is 4.59. The van der Waals surface area contributed by atoms with Gasteiger partial charge in [0.05, 0.1) is 14.2 Å². The molecule has 0 amide bonds. The van der Waals surface area contributed by atoms with Crippen molar-refractivity contribution < 1.29 is 9.47 Å². The number of hydrogen-bond donors (Lipinski definition) is 0. The quantitative estimate of drug-likeness (QED) is 0.431. The van der Waals surface area contributed by atoms with Crippen LogP contribution in [0.2, 0.25) is 0 Å². The van der Waals surface area contributed by atoms with E-state index in [1.54, 1.807) is 14.2 Å². The molecule has 136 valence electrons. The normalized spacial score (nSPS) is 10.9. The highest BCUT2D eigenvalue weighted by molar-refractivity contribution is 6.13. The second-order valence-electron chi connectivity index (χ2n) is 6.73. The summed E-state index contributed by atoms with van der Waals surface area (Å²) in [5, 5.41) is 4.91. The molecule has 0 aliphatic heterocycles. The molecular weight excluding hydrogens is 334 g/mol. The lowest BCUT2D eigenvalue weighted by Gasteiger charge is -2.23. The maximum Gasteiger partial charge on any atom is 0.119 e. The van der Waals surface area contributed by atoms with Crippen LogP contribution in [-0.2, 0) is 6.54 Å². The standard InChI is InChI=1S/C24H23NO2/c1-25(16-17-8-10-19(26-2)11-9-17)24-14-18-6-4-5-7-21(18)23-15-20(27-3)12-13-22(23)24/h4-15H,16H2,1-3H3. The number of anilines is 1. The smallest absolute Gasteiger partial charge is 0.119 e. The van der Waals surface area contributed by atoms with Crippen LogP contribution >= 0.6 is 0 Å². The molecule has 0 saturated heterocycles. The van der Waals surface area contributed by atoms with E-state index < -0.39 is 0 Å². The van der Waals surface area contributed by atoms with Gasteiger partial charge < -0.3 is 14.4 Å². The molecule has 0 N–H and O–H groups in total. The molecule has 0 bridgehead atoms. The van der Waals surface area contributed by atoms with Crippen molar-refractivity contribution in [1.82, 2.24) is 0 Å². The molecule has 3 heteroatoms. The summed E-state index contributed by atoms with van der Waals surface area (Å²) < 4.78 is 10.7. The van der Waals surface area contributed by atoms with Crippen molar-refractivity contribution in [3.05, 3.63) is 78.4 Å². The Hall–Kier alpha value is -3.20. The van der Waals surface area contributed by atoms with E-state index in [1.165, 1.54) is 32.8 Å². The van der Waals surface area contributed by atoms with Gasteiger partial charge in [-0.05, 0) is 58.1 Å². The van der Waals surface area contributed by atoms with Crippen molar-refractivity contribution in [2.24, 2.45) is 0 Å². The van der Waals surface area contributed by atoms with E-state index in [0.717, 1.165) is 18.0 Å². The molecule has 0 aliphatic carbocycles. The predicted octanol–water partition coefficient (Wildman–Crippen LogP) is 5.65. The maximum atomic E-state index is 5.46. The van der Waals surface area contributed by atoms with E-state index >= 15 is 0 Å². The van der Waals surface area contributed by atoms with E-state index in [2.05, 4.69) is 66.5 Å². The van der Waals surface area contributed by atoms with Crippen molar-refractivity contribution in [1.29, 1.82) is 0 Å². The minimum Gasteiger partial charge on any atom is -0.497 e. The lowest BCUT2D eigenvalue weighted by Crippen LogP contribution is -2.16. The Morgan fingerprint density at radius 2 is 1.41 bits per heavy atom. The third kappa shape index (κ3) is 3.28. The average Bonchev–Trinajstić information content (AvgIpc) is 2.73. The van der Waals surface area contributed by atoms with Crippen LogP contribution in [0.25, 0.3) is 21.5 Å². The van der Waals surface area contributed by atoms with Gasteiger partial charge in [-0.1, -0.05) is 36.4 Å². The van der Waals surface area contributed by atoms with Crippen LogP contribution in [0.15, 0.2) is 72.8 Å². The van der Waals surface area contributed by atoms with Gasteiger partial charge in [0.15, 0.2) is 0 Å². The largest absolute Gasteiger partial charge is 0.497 e. The molecule has 0 aliphatic rings. The van der Waals surface area contributed by atoms with Crippen LogP contribution in [0.1, 0.15) is 5.56 Å². The molecule has 27 heavy (non-hydrogen) atoms. The minimum atomic E-state index is 0.823. The van der Waals surface area contributed by atoms with Gasteiger partial charge in [0.2, 0.25) is 0 Å². The summed E-state index contributed by atoms with van der Waals surface area (Å²) in [5.41, 5.74) is 2.45. The van der Waals surface area contributed by atoms with E-state index in [-0.39, 0.29) is 0 Å². The number of fused-ring (bicyclic) bond motifs is 3. The second-order valence-corrected chi connectivity index (χ2v) is 6.73. The summed E-state index contributed by atoms with van der Waals surface area (Å²) in [6.07, 6.45) is 0. The van der Waals surface area contributed by atoms with Crippen LogP contribution in [0.4, 0.5) is 5.69 Å². The molecule has 0 radical (unpaired) electrons. The number of benzene rings is 4. The second kappa shape index (κ2) is 7.20. The Morgan fingerprint density at radius 3 is 2.15 bits per heavy atom. The molecule has 0 aromatic heterocycles. The Balaban J connectivity index is 1.81. The van der Waals surface area contributed by atoms with Gasteiger partial charge in [-0.3, -0.25) is 0 Å². The lowest BCUT2D eigenvalue weighted by molar-refractivity contribution is 0.414. The zero-order valence-electron chi connectivity index (χ0n) is 15.9. The Labute approximate surface area is 159 Å². The van der Waals surface area contributed by atoms with Crippen molar-refractivity contribution in [2.45, 2.75) is 6.54 Å². The molecular formula is C24H23NO2. The fourth-order valence-corrected chi connectivity index (χ4v) is 3.60. The van der Waals surface area contributed by atoms with Crippen molar-refractivity contribution in [2.75, 3.05) is 26.2 Å². The summed E-state index contributed by atoms with van der Waals surface area (Å²) in [7, 11) is 5.54. The average molecular weight is 357 g/mol. The molecule has 0 heterocycles. The molecule has 4 rings (SSSR count). The number of methoxy groups -OCH3 is 2. The number of hydrogen-bond acceptors (Lipinski definition) is 3. The van der Waals surface area contributed by atoms with Crippen molar-refractivity contribution >= 4 is 27.2 Å². The van der Waals surface area contributed by atoms with Gasteiger partial charge in [-0.25, -0.2) is 0 Å². The molecule has 4 aromatic carbocycles. The van der Waals surface area contributed by atoms with Crippen LogP contribution in [-0.4, -0.2) is 21.3 Å². The third-order valence-electron chi connectivity index (χ3n) is 5.04. The summed E-state index contributed by atoms with van der Waals surface area (Å²) >= 11 is 0. The van der Waals surface area contributed by atoms with E-state index in [1.807, 2.05) is 18.2 Å². The molecule has 0 atom stereocenters. The van der Waals surface area contributed by atoms with E-state index in [0.29, 0.717) is 0 Å². The molecule has 0 spiro atoms. The molecule has 4 aromatic rings. The van der Waals surface area contributed by atoms with Gasteiger partial charge in [-0.2, -0.15) is 0 Å². The number of rotatable bonds is 5. The topological polar surface area (TPSA) is 21.7 Å². The van der Waals surface area contributed by atoms with Crippen LogP contribution < -0.4 is 14.4 Å². The first-order valence-corrected chi connectivity index (χ1v) is 9.03. The monoisotopic (exact) mass is 357 g/mol. The van der Waals surface area contributed by atoms with Crippen molar-refractivity contribution in [3.8, 4) is 11.5 Å². The Bertz CT molecular complexity index is 1090. The molecule has 3 nitrogen and oxygen atoms in total. The lowest BCUT2D eigenvalue weighted by atomic mass is 9.99. The van der Waals surface area contributed by atoms with E-state index in [9.17, 15) is 0 Å². The van der Waals surface area contributed by atoms with Gasteiger partial charge in [0.1, 0.15) is 11.5 Å². The molecule has 0 fully saturated rings. The highest BCUT2D eigenvalue weighted by atomic mass is 16.5. The van der Waals surface area contributed by atoms with Gasteiger partial charge >= 0.3 is 0 Å². The first-order chi connectivity index (χ1) is 13.2. The fourth-order valence-electron chi connectivity index (χ4n) is 3.60. The minimum absolute atomic E-state index is 0.823. The van der Waals surface area contributed by atoms with Gasteiger partial charge in [0, 0.05) is 24.7 Å². The van der Waals surface area contributed by atoms with Gasteiger partial charge in [-0.15, -0.1) is 0 Å². The van der Waals surface area contributed by atoms with Gasteiger partial charge in [0.25, 0.3) is 0 Å². The SMILES string of the molecule is COc1ccc(CN(C)c2cc3ccccc3c3cc(OC)ccc23)cc1. The van der Waals surface area contributed by atoms with E-state index in [4.69, 9.17) is 9.47 Å². The highest BCUT2D eigenvalue weighted by Crippen LogP contribution is 2.36. The third-order valence-corrected chi connectivity index (χ3v) is 5.04. The summed E-state index contributed by atoms with van der Waals surface area (Å²) in [4.78, 5) is 2.29. The van der Waals surface area contributed by atoms with Crippen LogP contribution in [0.3, 0.4) is 0 Å². The summed E-state index contributed by atoms with van der Waals surface area (Å²) in [5.74, 6) is 1.76. The van der Waals surface area contributed by atoms with Crippen molar-refractivity contribution in [3.63, 3.8) is 0 Å².